The van der Waals surface area contributed by atoms with E-state index in [2.05, 4.69) is 49.7 Å². The van der Waals surface area contributed by atoms with Crippen LogP contribution < -0.4 is 5.73 Å². The molecule has 96 valence electrons. The molecule has 2 rings (SSSR count). The van der Waals surface area contributed by atoms with Crippen molar-refractivity contribution in [2.75, 3.05) is 0 Å². The monoisotopic (exact) mass is 259 g/mol. The maximum atomic E-state index is 6.28. The van der Waals surface area contributed by atoms with Gasteiger partial charge in [-0.2, -0.15) is 11.3 Å². The molecule has 0 saturated carbocycles. The maximum absolute atomic E-state index is 6.28. The molecule has 0 aliphatic rings. The van der Waals surface area contributed by atoms with Crippen LogP contribution in [0.3, 0.4) is 0 Å². The Hall–Kier alpha value is -1.12. The van der Waals surface area contributed by atoms with E-state index in [9.17, 15) is 0 Å². The summed E-state index contributed by atoms with van der Waals surface area (Å²) < 4.78 is 0. The number of rotatable bonds is 4. The van der Waals surface area contributed by atoms with Gasteiger partial charge in [-0.1, -0.05) is 17.7 Å². The topological polar surface area (TPSA) is 26.0 Å². The van der Waals surface area contributed by atoms with E-state index in [-0.39, 0.29) is 6.04 Å². The lowest BCUT2D eigenvalue weighted by atomic mass is 9.93. The molecule has 0 aliphatic heterocycles. The van der Waals surface area contributed by atoms with Gasteiger partial charge in [0, 0.05) is 6.04 Å². The van der Waals surface area contributed by atoms with E-state index < -0.39 is 0 Å². The van der Waals surface area contributed by atoms with Gasteiger partial charge in [-0.15, -0.1) is 0 Å². The van der Waals surface area contributed by atoms with Gasteiger partial charge in [0.1, 0.15) is 0 Å². The lowest BCUT2D eigenvalue weighted by Crippen LogP contribution is -2.26. The van der Waals surface area contributed by atoms with Crippen LogP contribution in [0.5, 0.6) is 0 Å². The molecular weight excluding hydrogens is 238 g/mol. The number of hydrogen-bond donors (Lipinski definition) is 1. The van der Waals surface area contributed by atoms with E-state index in [1.54, 1.807) is 11.3 Å². The van der Waals surface area contributed by atoms with Gasteiger partial charge in [-0.3, -0.25) is 0 Å². The Morgan fingerprint density at radius 1 is 1.11 bits per heavy atom. The van der Waals surface area contributed by atoms with Crippen LogP contribution in [-0.4, -0.2) is 6.04 Å². The van der Waals surface area contributed by atoms with Crippen molar-refractivity contribution in [3.8, 4) is 0 Å². The van der Waals surface area contributed by atoms with Crippen LogP contribution in [0, 0.1) is 20.8 Å². The molecule has 0 spiro atoms. The number of thiophene rings is 1. The number of benzene rings is 1. The third-order valence-corrected chi connectivity index (χ3v) is 4.12. The molecule has 0 aliphatic carbocycles. The van der Waals surface area contributed by atoms with E-state index in [4.69, 9.17) is 5.73 Å². The standard InChI is InChI=1S/C16H21NS/c1-11-6-12(2)16(13(3)7-11)9-15(17)8-14-4-5-18-10-14/h4-7,10,15H,8-9,17H2,1-3H3. The van der Waals surface area contributed by atoms with Crippen LogP contribution in [-0.2, 0) is 12.8 Å². The molecule has 0 bridgehead atoms. The van der Waals surface area contributed by atoms with E-state index in [0.717, 1.165) is 12.8 Å². The van der Waals surface area contributed by atoms with E-state index in [0.29, 0.717) is 0 Å². The van der Waals surface area contributed by atoms with Crippen molar-refractivity contribution in [3.63, 3.8) is 0 Å². The molecule has 0 amide bonds. The SMILES string of the molecule is Cc1cc(C)c(CC(N)Cc2ccsc2)c(C)c1. The molecule has 0 radical (unpaired) electrons. The molecule has 2 heteroatoms. The average Bonchev–Trinajstić information content (AvgIpc) is 2.76. The Kier molecular flexibility index (Phi) is 4.20. The Labute approximate surface area is 114 Å². The fraction of sp³-hybridized carbons (Fsp3) is 0.375. The first kappa shape index (κ1) is 13.3. The number of aryl methyl sites for hydroxylation is 3. The lowest BCUT2D eigenvalue weighted by molar-refractivity contribution is 0.661. The van der Waals surface area contributed by atoms with E-state index in [1.807, 2.05) is 0 Å². The summed E-state index contributed by atoms with van der Waals surface area (Å²) in [6, 6.07) is 6.87. The van der Waals surface area contributed by atoms with Crippen LogP contribution in [0.2, 0.25) is 0 Å². The van der Waals surface area contributed by atoms with Crippen molar-refractivity contribution >= 4 is 11.3 Å². The summed E-state index contributed by atoms with van der Waals surface area (Å²) in [5.41, 5.74) is 13.1. The van der Waals surface area contributed by atoms with Crippen LogP contribution in [0.15, 0.2) is 29.0 Å². The second-order valence-electron chi connectivity index (χ2n) is 5.18. The van der Waals surface area contributed by atoms with Crippen molar-refractivity contribution < 1.29 is 0 Å². The molecule has 1 nitrogen and oxygen atoms in total. The molecule has 1 aromatic heterocycles. The second kappa shape index (κ2) is 5.68. The molecule has 2 N–H and O–H groups in total. The van der Waals surface area contributed by atoms with Crippen LogP contribution in [0.25, 0.3) is 0 Å². The Morgan fingerprint density at radius 3 is 2.33 bits per heavy atom. The van der Waals surface area contributed by atoms with Crippen molar-refractivity contribution in [3.05, 3.63) is 56.8 Å². The lowest BCUT2D eigenvalue weighted by Gasteiger charge is -2.16. The molecule has 2 aromatic rings. The summed E-state index contributed by atoms with van der Waals surface area (Å²) in [6.07, 6.45) is 1.93. The molecule has 1 unspecified atom stereocenters. The number of nitrogens with two attached hydrogens (primary N) is 1. The first-order valence-corrected chi connectivity index (χ1v) is 7.34. The minimum absolute atomic E-state index is 0.208. The van der Waals surface area contributed by atoms with Gasteiger partial charge in [0.25, 0.3) is 0 Å². The predicted molar refractivity (Wildman–Crippen MR) is 80.4 cm³/mol. The van der Waals surface area contributed by atoms with Crippen LogP contribution in [0.1, 0.15) is 27.8 Å². The Morgan fingerprint density at radius 2 is 1.78 bits per heavy atom. The summed E-state index contributed by atoms with van der Waals surface area (Å²) in [4.78, 5) is 0. The third-order valence-electron chi connectivity index (χ3n) is 3.38. The molecule has 0 saturated heterocycles. The zero-order valence-corrected chi connectivity index (χ0v) is 12.2. The van der Waals surface area contributed by atoms with Gasteiger partial charge in [0.05, 0.1) is 0 Å². The van der Waals surface area contributed by atoms with Crippen LogP contribution >= 0.6 is 11.3 Å². The van der Waals surface area contributed by atoms with Crippen molar-refractivity contribution in [1.82, 2.24) is 0 Å². The molecule has 0 fully saturated rings. The maximum Gasteiger partial charge on any atom is 0.0120 e. The first-order chi connectivity index (χ1) is 8.56. The van der Waals surface area contributed by atoms with E-state index in [1.165, 1.54) is 27.8 Å². The highest BCUT2D eigenvalue weighted by molar-refractivity contribution is 7.07. The molecule has 18 heavy (non-hydrogen) atoms. The van der Waals surface area contributed by atoms with Crippen molar-refractivity contribution in [2.24, 2.45) is 5.73 Å². The van der Waals surface area contributed by atoms with Gasteiger partial charge in [0.15, 0.2) is 0 Å². The zero-order chi connectivity index (χ0) is 13.1. The second-order valence-corrected chi connectivity index (χ2v) is 5.96. The van der Waals surface area contributed by atoms with Gasteiger partial charge < -0.3 is 5.73 Å². The fourth-order valence-electron chi connectivity index (χ4n) is 2.58. The molecular formula is C16H21NS. The smallest absolute Gasteiger partial charge is 0.0120 e. The van der Waals surface area contributed by atoms with Gasteiger partial charge in [-0.05, 0) is 72.7 Å². The quantitative estimate of drug-likeness (QED) is 0.888. The summed E-state index contributed by atoms with van der Waals surface area (Å²) in [7, 11) is 0. The highest BCUT2D eigenvalue weighted by Gasteiger charge is 2.10. The highest BCUT2D eigenvalue weighted by Crippen LogP contribution is 2.19. The predicted octanol–water partition coefficient (Wildman–Crippen LogP) is 3.79. The molecule has 1 heterocycles. The Bertz CT molecular complexity index is 491. The summed E-state index contributed by atoms with van der Waals surface area (Å²) in [5, 5.41) is 4.30. The largest absolute Gasteiger partial charge is 0.327 e. The molecule has 1 aromatic carbocycles. The Balaban J connectivity index is 2.09. The van der Waals surface area contributed by atoms with E-state index >= 15 is 0 Å². The summed E-state index contributed by atoms with van der Waals surface area (Å²) in [6.45, 7) is 6.52. The average molecular weight is 259 g/mol. The third kappa shape index (κ3) is 3.21. The molecule has 1 atom stereocenters. The van der Waals surface area contributed by atoms with Crippen molar-refractivity contribution in [1.29, 1.82) is 0 Å². The fourth-order valence-corrected chi connectivity index (χ4v) is 3.26. The minimum atomic E-state index is 0.208. The summed E-state index contributed by atoms with van der Waals surface area (Å²) >= 11 is 1.74. The zero-order valence-electron chi connectivity index (χ0n) is 11.4. The number of hydrogen-bond acceptors (Lipinski definition) is 2. The van der Waals surface area contributed by atoms with Crippen molar-refractivity contribution in [2.45, 2.75) is 39.7 Å². The van der Waals surface area contributed by atoms with Gasteiger partial charge in [0.2, 0.25) is 0 Å². The van der Waals surface area contributed by atoms with Gasteiger partial charge in [-0.25, -0.2) is 0 Å². The summed E-state index contributed by atoms with van der Waals surface area (Å²) in [5.74, 6) is 0. The highest BCUT2D eigenvalue weighted by atomic mass is 32.1. The van der Waals surface area contributed by atoms with Gasteiger partial charge >= 0.3 is 0 Å². The minimum Gasteiger partial charge on any atom is -0.327 e. The van der Waals surface area contributed by atoms with Crippen LogP contribution in [0.4, 0.5) is 0 Å². The first-order valence-electron chi connectivity index (χ1n) is 6.39. The normalized spacial score (nSPS) is 12.7.